The number of carbonyl (C=O) groups is 1. The number of halogens is 1. The number of aryl methyl sites for hydroxylation is 1. The van der Waals surface area contributed by atoms with Crippen molar-refractivity contribution in [2.24, 2.45) is 0 Å². The molecule has 24 heavy (non-hydrogen) atoms. The van der Waals surface area contributed by atoms with Crippen LogP contribution in [0.5, 0.6) is 0 Å². The zero-order valence-corrected chi connectivity index (χ0v) is 13.5. The second-order valence-corrected chi connectivity index (χ2v) is 5.96. The van der Waals surface area contributed by atoms with Crippen LogP contribution in [0.1, 0.15) is 5.56 Å². The summed E-state index contributed by atoms with van der Waals surface area (Å²) in [6.07, 6.45) is 1.60. The van der Waals surface area contributed by atoms with Crippen molar-refractivity contribution in [1.82, 2.24) is 14.4 Å². The van der Waals surface area contributed by atoms with Gasteiger partial charge in [0.05, 0.1) is 5.75 Å². The first-order chi connectivity index (χ1) is 11.5. The number of aromatic nitrogens is 3. The lowest BCUT2D eigenvalue weighted by atomic mass is 10.3. The number of carbonyl (C=O) groups excluding carboxylic acids is 1. The van der Waals surface area contributed by atoms with E-state index in [0.717, 1.165) is 17.3 Å². The number of anilines is 1. The topological polar surface area (TPSA) is 76.4 Å². The van der Waals surface area contributed by atoms with E-state index in [9.17, 15) is 14.0 Å². The number of nitrogens with zero attached hydrogens (tertiary/aromatic N) is 3. The minimum absolute atomic E-state index is 0.0405. The molecule has 122 valence electrons. The van der Waals surface area contributed by atoms with Crippen molar-refractivity contribution in [3.63, 3.8) is 0 Å². The molecule has 0 atom stereocenters. The van der Waals surface area contributed by atoms with Crippen molar-refractivity contribution < 1.29 is 9.18 Å². The maximum atomic E-state index is 12.8. The molecule has 1 aromatic carbocycles. The van der Waals surface area contributed by atoms with Crippen LogP contribution in [0.15, 0.2) is 52.5 Å². The maximum Gasteiger partial charge on any atom is 0.355 e. The summed E-state index contributed by atoms with van der Waals surface area (Å²) in [5.74, 6) is -0.623. The summed E-state index contributed by atoms with van der Waals surface area (Å²) in [5.41, 5.74) is 1.41. The fourth-order valence-electron chi connectivity index (χ4n) is 2.08. The predicted molar refractivity (Wildman–Crippen MR) is 89.7 cm³/mol. The molecule has 0 radical (unpaired) electrons. The lowest BCUT2D eigenvalue weighted by Crippen LogP contribution is -2.20. The summed E-state index contributed by atoms with van der Waals surface area (Å²) >= 11 is 1.07. The number of rotatable bonds is 4. The molecule has 0 aliphatic rings. The van der Waals surface area contributed by atoms with Crippen LogP contribution < -0.4 is 11.0 Å². The highest BCUT2D eigenvalue weighted by atomic mass is 32.2. The number of fused-ring (bicyclic) bond motifs is 1. The second-order valence-electron chi connectivity index (χ2n) is 5.02. The smallest absolute Gasteiger partial charge is 0.325 e. The lowest BCUT2D eigenvalue weighted by Gasteiger charge is -2.06. The summed E-state index contributed by atoms with van der Waals surface area (Å²) < 4.78 is 14.2. The molecule has 0 unspecified atom stereocenters. The number of benzene rings is 1. The van der Waals surface area contributed by atoms with Gasteiger partial charge in [0.25, 0.3) is 0 Å². The number of nitrogens with one attached hydrogen (secondary N) is 1. The van der Waals surface area contributed by atoms with Crippen molar-refractivity contribution in [3.05, 3.63) is 64.5 Å². The van der Waals surface area contributed by atoms with E-state index in [1.54, 1.807) is 12.3 Å². The van der Waals surface area contributed by atoms with E-state index in [2.05, 4.69) is 15.3 Å². The van der Waals surface area contributed by atoms with Gasteiger partial charge < -0.3 is 5.32 Å². The fourth-order valence-corrected chi connectivity index (χ4v) is 2.71. The van der Waals surface area contributed by atoms with Crippen LogP contribution in [0.25, 0.3) is 5.65 Å². The Balaban J connectivity index is 1.71. The Labute approximate surface area is 140 Å². The first kappa shape index (κ1) is 16.1. The van der Waals surface area contributed by atoms with Gasteiger partial charge in [0.15, 0.2) is 5.16 Å². The summed E-state index contributed by atoms with van der Waals surface area (Å²) in [6.45, 7) is 1.84. The van der Waals surface area contributed by atoms with Gasteiger partial charge in [-0.15, -0.1) is 0 Å². The molecular formula is C16H13FN4O2S. The van der Waals surface area contributed by atoms with E-state index in [0.29, 0.717) is 11.3 Å². The van der Waals surface area contributed by atoms with Crippen LogP contribution in [0.4, 0.5) is 10.1 Å². The van der Waals surface area contributed by atoms with E-state index in [-0.39, 0.29) is 22.6 Å². The monoisotopic (exact) mass is 344 g/mol. The average molecular weight is 344 g/mol. The highest BCUT2D eigenvalue weighted by Gasteiger charge is 2.09. The molecule has 0 saturated heterocycles. The third-order valence-electron chi connectivity index (χ3n) is 3.22. The van der Waals surface area contributed by atoms with Gasteiger partial charge in [-0.2, -0.15) is 4.98 Å². The van der Waals surface area contributed by atoms with Crippen molar-refractivity contribution in [2.75, 3.05) is 11.1 Å². The van der Waals surface area contributed by atoms with Crippen molar-refractivity contribution in [3.8, 4) is 0 Å². The van der Waals surface area contributed by atoms with E-state index in [1.165, 1.54) is 28.7 Å². The van der Waals surface area contributed by atoms with Crippen molar-refractivity contribution in [2.45, 2.75) is 12.1 Å². The second kappa shape index (κ2) is 6.79. The van der Waals surface area contributed by atoms with Gasteiger partial charge in [-0.1, -0.05) is 17.8 Å². The molecule has 0 fully saturated rings. The maximum absolute atomic E-state index is 12.8. The molecule has 0 bridgehead atoms. The molecular weight excluding hydrogens is 331 g/mol. The van der Waals surface area contributed by atoms with Crippen LogP contribution in [0.2, 0.25) is 0 Å². The van der Waals surface area contributed by atoms with Gasteiger partial charge in [-0.25, -0.2) is 14.2 Å². The third kappa shape index (κ3) is 3.60. The molecule has 0 aliphatic carbocycles. The molecule has 8 heteroatoms. The SMILES string of the molecule is Cc1cccn2c(=O)nc(SCC(=O)Nc3ccc(F)cc3)nc12. The molecule has 0 saturated carbocycles. The first-order valence-electron chi connectivity index (χ1n) is 7.07. The van der Waals surface area contributed by atoms with Gasteiger partial charge in [0.2, 0.25) is 5.91 Å². The van der Waals surface area contributed by atoms with E-state index in [1.807, 2.05) is 13.0 Å². The third-order valence-corrected chi connectivity index (χ3v) is 4.07. The molecule has 1 N–H and O–H groups in total. The summed E-state index contributed by atoms with van der Waals surface area (Å²) in [4.78, 5) is 32.1. The number of amides is 1. The lowest BCUT2D eigenvalue weighted by molar-refractivity contribution is -0.113. The Morgan fingerprint density at radius 2 is 2.00 bits per heavy atom. The minimum Gasteiger partial charge on any atom is -0.325 e. The predicted octanol–water partition coefficient (Wildman–Crippen LogP) is 2.27. The number of hydrogen-bond donors (Lipinski definition) is 1. The highest BCUT2D eigenvalue weighted by Crippen LogP contribution is 2.15. The number of hydrogen-bond acceptors (Lipinski definition) is 5. The first-order valence-corrected chi connectivity index (χ1v) is 8.06. The van der Waals surface area contributed by atoms with Gasteiger partial charge in [0, 0.05) is 11.9 Å². The number of thioether (sulfide) groups is 1. The van der Waals surface area contributed by atoms with Crippen LogP contribution in [0.3, 0.4) is 0 Å². The number of pyridine rings is 1. The summed E-state index contributed by atoms with van der Waals surface area (Å²) in [6, 6.07) is 9.06. The Morgan fingerprint density at radius 1 is 1.25 bits per heavy atom. The van der Waals surface area contributed by atoms with Gasteiger partial charge in [-0.3, -0.25) is 9.20 Å². The quantitative estimate of drug-likeness (QED) is 0.735. The van der Waals surface area contributed by atoms with Gasteiger partial charge >= 0.3 is 5.69 Å². The van der Waals surface area contributed by atoms with Crippen LogP contribution >= 0.6 is 11.8 Å². The molecule has 1 amide bonds. The van der Waals surface area contributed by atoms with E-state index < -0.39 is 5.69 Å². The largest absolute Gasteiger partial charge is 0.355 e. The molecule has 2 heterocycles. The van der Waals surface area contributed by atoms with Gasteiger partial charge in [0.1, 0.15) is 11.5 Å². The Bertz CT molecular complexity index is 956. The van der Waals surface area contributed by atoms with Crippen LogP contribution in [0, 0.1) is 12.7 Å². The molecule has 0 spiro atoms. The molecule has 6 nitrogen and oxygen atoms in total. The molecule has 0 aliphatic heterocycles. The van der Waals surface area contributed by atoms with Crippen molar-refractivity contribution >= 4 is 29.0 Å². The fraction of sp³-hybridized carbons (Fsp3) is 0.125. The normalized spacial score (nSPS) is 10.8. The van der Waals surface area contributed by atoms with Crippen LogP contribution in [-0.4, -0.2) is 26.0 Å². The summed E-state index contributed by atoms with van der Waals surface area (Å²) in [5, 5.41) is 2.88. The van der Waals surface area contributed by atoms with Crippen molar-refractivity contribution in [1.29, 1.82) is 0 Å². The average Bonchev–Trinajstić information content (AvgIpc) is 2.56. The Morgan fingerprint density at radius 3 is 2.75 bits per heavy atom. The Hall–Kier alpha value is -2.74. The van der Waals surface area contributed by atoms with Crippen LogP contribution in [-0.2, 0) is 4.79 Å². The minimum atomic E-state index is -0.440. The van der Waals surface area contributed by atoms with E-state index in [4.69, 9.17) is 0 Å². The molecule has 2 aromatic heterocycles. The summed E-state index contributed by atoms with van der Waals surface area (Å²) in [7, 11) is 0. The highest BCUT2D eigenvalue weighted by molar-refractivity contribution is 7.99. The zero-order valence-electron chi connectivity index (χ0n) is 12.7. The van der Waals surface area contributed by atoms with E-state index >= 15 is 0 Å². The Kier molecular flexibility index (Phi) is 4.57. The molecule has 3 aromatic rings. The van der Waals surface area contributed by atoms with Gasteiger partial charge in [-0.05, 0) is 42.8 Å². The zero-order chi connectivity index (χ0) is 17.1. The molecule has 3 rings (SSSR count). The standard InChI is InChI=1S/C16H13FN4O2S/c1-10-3-2-8-21-14(10)19-15(20-16(21)23)24-9-13(22)18-12-6-4-11(17)5-7-12/h2-8H,9H2,1H3,(H,18,22).